The minimum atomic E-state index is -5.64. The third kappa shape index (κ3) is 6.72. The lowest BCUT2D eigenvalue weighted by Crippen LogP contribution is -2.44. The summed E-state index contributed by atoms with van der Waals surface area (Å²) in [6.45, 7) is -0.494. The van der Waals surface area contributed by atoms with Crippen LogP contribution in [0.15, 0.2) is 99.6 Å². The van der Waals surface area contributed by atoms with Gasteiger partial charge >= 0.3 is 6.18 Å². The normalized spacial score (nSPS) is 14.1. The van der Waals surface area contributed by atoms with Gasteiger partial charge in [0.2, 0.25) is 5.25 Å². The van der Waals surface area contributed by atoms with Crippen molar-refractivity contribution in [1.29, 1.82) is 0 Å². The van der Waals surface area contributed by atoms with E-state index >= 15 is 0 Å². The Kier molecular flexibility index (Phi) is 8.04. The van der Waals surface area contributed by atoms with Gasteiger partial charge in [-0.05, 0) is 48.5 Å². The Balaban J connectivity index is 1.71. The maximum absolute atomic E-state index is 14.0. The first kappa shape index (κ1) is 25.1. The number of rotatable bonds is 9. The maximum atomic E-state index is 14.0. The third-order valence-corrected chi connectivity index (χ3v) is 8.09. The zero-order valence-electron chi connectivity index (χ0n) is 17.2. The summed E-state index contributed by atoms with van der Waals surface area (Å²) >= 11 is 0. The highest BCUT2D eigenvalue weighted by Gasteiger charge is 2.53. The van der Waals surface area contributed by atoms with Crippen LogP contribution in [0.5, 0.6) is 5.75 Å². The van der Waals surface area contributed by atoms with Crippen molar-refractivity contribution in [2.45, 2.75) is 38.7 Å². The molecule has 2 atom stereocenters. The van der Waals surface area contributed by atoms with Crippen LogP contribution in [0.25, 0.3) is 0 Å². The maximum Gasteiger partial charge on any atom is 0.410 e. The van der Waals surface area contributed by atoms with Gasteiger partial charge in [0.1, 0.15) is 11.9 Å². The van der Waals surface area contributed by atoms with Crippen molar-refractivity contribution in [3.05, 3.63) is 84.9 Å². The number of ether oxygens (including phenoxy) is 1. The Bertz CT molecular complexity index is 1080. The van der Waals surface area contributed by atoms with Crippen LogP contribution in [0.2, 0.25) is 0 Å². The summed E-state index contributed by atoms with van der Waals surface area (Å²) in [5.41, 5.74) is 0. The van der Waals surface area contributed by atoms with Crippen molar-refractivity contribution in [3.63, 3.8) is 0 Å². The zero-order valence-corrected chi connectivity index (χ0v) is 18.8. The van der Waals surface area contributed by atoms with E-state index in [1.165, 1.54) is 0 Å². The van der Waals surface area contributed by atoms with Gasteiger partial charge in [0.15, 0.2) is 14.7 Å². The molecule has 0 aliphatic rings. The van der Waals surface area contributed by atoms with E-state index in [-0.39, 0.29) is 0 Å². The van der Waals surface area contributed by atoms with Crippen LogP contribution in [-0.2, 0) is 21.0 Å². The first-order valence-corrected chi connectivity index (χ1v) is 12.5. The van der Waals surface area contributed by atoms with Gasteiger partial charge in [-0.25, -0.2) is 4.39 Å². The van der Waals surface area contributed by atoms with Crippen molar-refractivity contribution in [2.24, 2.45) is 0 Å². The van der Waals surface area contributed by atoms with Crippen LogP contribution >= 0.6 is 0 Å². The van der Waals surface area contributed by atoms with Crippen molar-refractivity contribution >= 4 is 21.0 Å². The molecule has 10 heteroatoms. The molecule has 0 radical (unpaired) electrons. The monoisotopic (exact) mass is 501 g/mol. The molecule has 176 valence electrons. The Morgan fingerprint density at radius 2 is 1.27 bits per heavy atom. The van der Waals surface area contributed by atoms with Crippen molar-refractivity contribution < 1.29 is 35.3 Å². The van der Waals surface area contributed by atoms with Crippen molar-refractivity contribution in [3.8, 4) is 5.75 Å². The molecule has 0 fully saturated rings. The summed E-state index contributed by atoms with van der Waals surface area (Å²) in [5.74, 6) is 0.297. The van der Waals surface area contributed by atoms with Crippen LogP contribution in [0.1, 0.15) is 6.42 Å². The van der Waals surface area contributed by atoms with Gasteiger partial charge in [-0.3, -0.25) is 4.55 Å². The van der Waals surface area contributed by atoms with Crippen LogP contribution in [0.4, 0.5) is 17.6 Å². The fourth-order valence-corrected chi connectivity index (χ4v) is 6.12. The van der Waals surface area contributed by atoms with Crippen LogP contribution < -0.4 is 4.74 Å². The van der Waals surface area contributed by atoms with E-state index < -0.39 is 51.6 Å². The van der Waals surface area contributed by atoms with E-state index in [1.54, 1.807) is 12.1 Å². The van der Waals surface area contributed by atoms with Crippen LogP contribution in [-0.4, -0.2) is 37.2 Å². The number of benzene rings is 3. The van der Waals surface area contributed by atoms with Crippen LogP contribution in [0, 0.1) is 0 Å². The molecule has 0 aliphatic carbocycles. The molecule has 0 spiro atoms. The smallest absolute Gasteiger partial charge is 0.410 e. The predicted molar refractivity (Wildman–Crippen MR) is 118 cm³/mol. The van der Waals surface area contributed by atoms with Gasteiger partial charge in [0.25, 0.3) is 10.1 Å². The van der Waals surface area contributed by atoms with E-state index in [0.29, 0.717) is 5.75 Å². The van der Waals surface area contributed by atoms with E-state index in [4.69, 9.17) is 9.29 Å². The highest BCUT2D eigenvalue weighted by Crippen LogP contribution is 2.33. The van der Waals surface area contributed by atoms with Gasteiger partial charge in [-0.15, -0.1) is 0 Å². The van der Waals surface area contributed by atoms with Crippen molar-refractivity contribution in [1.82, 2.24) is 0 Å². The van der Waals surface area contributed by atoms with Gasteiger partial charge in [0, 0.05) is 6.42 Å². The standard InChI is InChI=1S/C23H20F4O4S2/c24-21(22(23(25,26)27)33(28,29)30)15-16-31-17-11-13-20(14-12-17)32(18-7-3-1-4-8-18)19-9-5-2-6-10-19/h1-14,21-22H,15-16H2/p+1. The predicted octanol–water partition coefficient (Wildman–Crippen LogP) is 5.71. The Hall–Kier alpha value is -2.56. The molecule has 1 N–H and O–H groups in total. The molecule has 3 rings (SSSR count). The highest BCUT2D eigenvalue weighted by molar-refractivity contribution is 7.97. The van der Waals surface area contributed by atoms with E-state index in [1.807, 2.05) is 72.8 Å². The Morgan fingerprint density at radius 1 is 0.818 bits per heavy atom. The molecule has 3 aromatic carbocycles. The topological polar surface area (TPSA) is 63.6 Å². The molecule has 0 saturated carbocycles. The average molecular weight is 502 g/mol. The minimum Gasteiger partial charge on any atom is -0.493 e. The molecule has 4 nitrogen and oxygen atoms in total. The van der Waals surface area contributed by atoms with Gasteiger partial charge < -0.3 is 4.74 Å². The lowest BCUT2D eigenvalue weighted by Gasteiger charge is -2.21. The summed E-state index contributed by atoms with van der Waals surface area (Å²) in [7, 11) is -6.04. The number of hydrogen-bond acceptors (Lipinski definition) is 3. The SMILES string of the molecule is O=S(=O)(O)C(C(F)CCOc1ccc([S+](c2ccccc2)c2ccccc2)cc1)C(F)(F)F. The largest absolute Gasteiger partial charge is 0.493 e. The average Bonchev–Trinajstić information content (AvgIpc) is 2.74. The molecule has 0 aliphatic heterocycles. The van der Waals surface area contributed by atoms with E-state index in [9.17, 15) is 26.0 Å². The zero-order chi connectivity index (χ0) is 24.1. The lowest BCUT2D eigenvalue weighted by molar-refractivity contribution is -0.143. The van der Waals surface area contributed by atoms with Crippen molar-refractivity contribution in [2.75, 3.05) is 6.61 Å². The summed E-state index contributed by atoms with van der Waals surface area (Å²) in [5, 5.41) is -3.50. The highest BCUT2D eigenvalue weighted by atomic mass is 32.2. The summed E-state index contributed by atoms with van der Waals surface area (Å²) < 4.78 is 88.3. The second-order valence-electron chi connectivity index (χ2n) is 7.03. The Labute approximate surface area is 192 Å². The lowest BCUT2D eigenvalue weighted by atomic mass is 10.2. The third-order valence-electron chi connectivity index (χ3n) is 4.65. The molecule has 0 heterocycles. The van der Waals surface area contributed by atoms with Crippen LogP contribution in [0.3, 0.4) is 0 Å². The molecule has 33 heavy (non-hydrogen) atoms. The molecule has 0 aromatic heterocycles. The van der Waals surface area contributed by atoms with Gasteiger partial charge in [-0.2, -0.15) is 21.6 Å². The molecule has 0 amide bonds. The fourth-order valence-electron chi connectivity index (χ4n) is 3.19. The first-order chi connectivity index (χ1) is 15.6. The summed E-state index contributed by atoms with van der Waals surface area (Å²) in [6.07, 6.45) is -9.15. The summed E-state index contributed by atoms with van der Waals surface area (Å²) in [6, 6.07) is 26.6. The number of alkyl halides is 4. The number of hydrogen-bond donors (Lipinski definition) is 1. The minimum absolute atomic E-state index is 0.297. The number of halogens is 4. The molecule has 0 saturated heterocycles. The molecule has 3 aromatic rings. The van der Waals surface area contributed by atoms with Gasteiger partial charge in [0.05, 0.1) is 17.5 Å². The van der Waals surface area contributed by atoms with E-state index in [0.717, 1.165) is 14.7 Å². The quantitative estimate of drug-likeness (QED) is 0.232. The second-order valence-corrected chi connectivity index (χ2v) is 10.6. The first-order valence-electron chi connectivity index (χ1n) is 9.81. The molecule has 2 unspecified atom stereocenters. The molecular formula is C23H21F4O4S2+. The summed E-state index contributed by atoms with van der Waals surface area (Å²) in [4.78, 5) is 3.17. The molecule has 0 bridgehead atoms. The van der Waals surface area contributed by atoms with Gasteiger partial charge in [-0.1, -0.05) is 36.4 Å². The van der Waals surface area contributed by atoms with E-state index in [2.05, 4.69) is 0 Å². The fraction of sp³-hybridized carbons (Fsp3) is 0.217. The Morgan fingerprint density at radius 3 is 1.70 bits per heavy atom. The molecular weight excluding hydrogens is 480 g/mol. The second kappa shape index (κ2) is 10.6.